The molecule has 2 heterocycles. The zero-order chi connectivity index (χ0) is 20.5. The lowest BCUT2D eigenvalue weighted by Crippen LogP contribution is -2.36. The van der Waals surface area contributed by atoms with E-state index in [9.17, 15) is 18.0 Å². The van der Waals surface area contributed by atoms with Crippen molar-refractivity contribution in [3.05, 3.63) is 34.4 Å². The molecule has 154 valence electrons. The molecule has 0 bridgehead atoms. The Balaban J connectivity index is 1.69. The summed E-state index contributed by atoms with van der Waals surface area (Å²) in [6.07, 6.45) is 0.605. The Labute approximate surface area is 166 Å². The fourth-order valence-corrected chi connectivity index (χ4v) is 3.79. The lowest BCUT2D eigenvalue weighted by molar-refractivity contribution is -0.142. The Kier molecular flexibility index (Phi) is 6.02. The highest BCUT2D eigenvalue weighted by Gasteiger charge is 2.41. The normalized spacial score (nSPS) is 16.1. The molecule has 1 aliphatic carbocycles. The van der Waals surface area contributed by atoms with Crippen LogP contribution in [0.4, 0.5) is 13.2 Å². The van der Waals surface area contributed by atoms with E-state index in [0.29, 0.717) is 49.5 Å². The summed E-state index contributed by atoms with van der Waals surface area (Å²) >= 11 is 5.84. The number of carbonyl (C=O) groups excluding carboxylic acids is 1. The highest BCUT2D eigenvalue weighted by Crippen LogP contribution is 2.37. The first-order valence-electron chi connectivity index (χ1n) is 9.33. The van der Waals surface area contributed by atoms with Crippen molar-refractivity contribution in [2.75, 3.05) is 6.54 Å². The lowest BCUT2D eigenvalue weighted by Gasteiger charge is -2.20. The molecular formula is C18H23ClF3N5O. The van der Waals surface area contributed by atoms with Crippen LogP contribution in [0.15, 0.2) is 12.4 Å². The monoisotopic (exact) mass is 417 g/mol. The summed E-state index contributed by atoms with van der Waals surface area (Å²) in [6, 6.07) is -0.755. The number of rotatable bonds is 7. The molecule has 0 aliphatic heterocycles. The van der Waals surface area contributed by atoms with Gasteiger partial charge in [0.25, 0.3) is 0 Å². The maximum absolute atomic E-state index is 13.3. The molecule has 0 saturated carbocycles. The molecule has 2 aromatic rings. The van der Waals surface area contributed by atoms with Gasteiger partial charge < -0.3 is 5.32 Å². The van der Waals surface area contributed by atoms with Crippen LogP contribution < -0.4 is 5.32 Å². The van der Waals surface area contributed by atoms with E-state index in [2.05, 4.69) is 15.5 Å². The number of fused-ring (bicyclic) bond motifs is 1. The Morgan fingerprint density at radius 1 is 1.39 bits per heavy atom. The first-order chi connectivity index (χ1) is 13.2. The quantitative estimate of drug-likeness (QED) is 0.748. The maximum Gasteiger partial charge on any atom is 0.435 e. The van der Waals surface area contributed by atoms with Gasteiger partial charge in [-0.3, -0.25) is 14.2 Å². The van der Waals surface area contributed by atoms with E-state index in [1.54, 1.807) is 17.8 Å². The molecule has 1 amide bonds. The van der Waals surface area contributed by atoms with Crippen LogP contribution in [0.3, 0.4) is 0 Å². The standard InChI is InChI=1S/C18H23ClF3N5O/c1-3-14(17(28)23-7-11(2)9-26-10-12(19)8-24-26)27-15-6-4-5-13(15)16(25-27)18(20,21)22/h8,10-11,14H,3-7,9H2,1-2H3,(H,23,28)/t11-,14+/m0/s1. The Morgan fingerprint density at radius 2 is 2.14 bits per heavy atom. The van der Waals surface area contributed by atoms with E-state index in [1.807, 2.05) is 6.92 Å². The van der Waals surface area contributed by atoms with E-state index < -0.39 is 17.9 Å². The van der Waals surface area contributed by atoms with Gasteiger partial charge in [0.05, 0.1) is 11.2 Å². The minimum absolute atomic E-state index is 0.0755. The number of halogens is 4. The summed E-state index contributed by atoms with van der Waals surface area (Å²) < 4.78 is 42.9. The number of nitrogens with zero attached hydrogens (tertiary/aromatic N) is 4. The largest absolute Gasteiger partial charge is 0.435 e. The maximum atomic E-state index is 13.3. The summed E-state index contributed by atoms with van der Waals surface area (Å²) in [5.74, 6) is -0.245. The van der Waals surface area contributed by atoms with Crippen LogP contribution in [0, 0.1) is 5.92 Å². The third-order valence-corrected chi connectivity index (χ3v) is 5.13. The molecule has 0 radical (unpaired) electrons. The van der Waals surface area contributed by atoms with Crippen molar-refractivity contribution in [3.8, 4) is 0 Å². The van der Waals surface area contributed by atoms with Gasteiger partial charge in [-0.05, 0) is 31.6 Å². The SMILES string of the molecule is CC[C@H](C(=O)NC[C@H](C)Cn1cc(Cl)cn1)n1nc(C(F)(F)F)c2c1CCC2. The van der Waals surface area contributed by atoms with E-state index in [4.69, 9.17) is 11.6 Å². The fraction of sp³-hybridized carbons (Fsp3) is 0.611. The van der Waals surface area contributed by atoms with Crippen LogP contribution in [0.25, 0.3) is 0 Å². The Hall–Kier alpha value is -2.03. The van der Waals surface area contributed by atoms with Crippen molar-refractivity contribution in [1.82, 2.24) is 24.9 Å². The molecule has 1 N–H and O–H groups in total. The molecule has 0 saturated heterocycles. The van der Waals surface area contributed by atoms with Gasteiger partial charge in [-0.15, -0.1) is 0 Å². The summed E-state index contributed by atoms with van der Waals surface area (Å²) in [4.78, 5) is 12.7. The zero-order valence-electron chi connectivity index (χ0n) is 15.8. The van der Waals surface area contributed by atoms with Gasteiger partial charge in [0.15, 0.2) is 5.69 Å². The Bertz CT molecular complexity index is 845. The van der Waals surface area contributed by atoms with Gasteiger partial charge in [0, 0.05) is 30.5 Å². The predicted molar refractivity (Wildman–Crippen MR) is 98.0 cm³/mol. The Morgan fingerprint density at radius 3 is 2.75 bits per heavy atom. The predicted octanol–water partition coefficient (Wildman–Crippen LogP) is 3.64. The molecule has 28 heavy (non-hydrogen) atoms. The van der Waals surface area contributed by atoms with Crippen LogP contribution in [0.2, 0.25) is 5.02 Å². The third-order valence-electron chi connectivity index (χ3n) is 4.94. The first kappa shape index (κ1) is 20.7. The van der Waals surface area contributed by atoms with Gasteiger partial charge in [-0.2, -0.15) is 23.4 Å². The number of alkyl halides is 3. The fourth-order valence-electron chi connectivity index (χ4n) is 3.63. The summed E-state index contributed by atoms with van der Waals surface area (Å²) in [5.41, 5.74) is -0.0774. The minimum Gasteiger partial charge on any atom is -0.354 e. The molecule has 6 nitrogen and oxygen atoms in total. The molecule has 0 fully saturated rings. The van der Waals surface area contributed by atoms with Gasteiger partial charge in [-0.25, -0.2) is 0 Å². The zero-order valence-corrected chi connectivity index (χ0v) is 16.5. The molecule has 10 heteroatoms. The molecule has 0 unspecified atom stereocenters. The topological polar surface area (TPSA) is 64.7 Å². The van der Waals surface area contributed by atoms with Crippen molar-refractivity contribution in [3.63, 3.8) is 0 Å². The smallest absolute Gasteiger partial charge is 0.354 e. The van der Waals surface area contributed by atoms with Gasteiger partial charge in [-0.1, -0.05) is 25.4 Å². The van der Waals surface area contributed by atoms with E-state index in [1.165, 1.54) is 10.9 Å². The van der Waals surface area contributed by atoms with E-state index in [0.717, 1.165) is 0 Å². The number of nitrogens with one attached hydrogen (secondary N) is 1. The average molecular weight is 418 g/mol. The molecule has 2 atom stereocenters. The molecule has 2 aromatic heterocycles. The second kappa shape index (κ2) is 8.14. The number of aromatic nitrogens is 4. The van der Waals surface area contributed by atoms with Crippen LogP contribution in [-0.2, 0) is 30.4 Å². The molecule has 1 aliphatic rings. The number of hydrogen-bond acceptors (Lipinski definition) is 3. The number of amides is 1. The van der Waals surface area contributed by atoms with Gasteiger partial charge >= 0.3 is 6.18 Å². The van der Waals surface area contributed by atoms with Crippen molar-refractivity contribution in [1.29, 1.82) is 0 Å². The molecule has 0 spiro atoms. The molecular weight excluding hydrogens is 395 g/mol. The second-order valence-corrected chi connectivity index (χ2v) is 7.66. The van der Waals surface area contributed by atoms with Gasteiger partial charge in [0.2, 0.25) is 5.91 Å². The van der Waals surface area contributed by atoms with E-state index >= 15 is 0 Å². The minimum atomic E-state index is -4.51. The van der Waals surface area contributed by atoms with Crippen LogP contribution >= 0.6 is 11.6 Å². The van der Waals surface area contributed by atoms with Crippen molar-refractivity contribution < 1.29 is 18.0 Å². The number of carbonyl (C=O) groups is 1. The van der Waals surface area contributed by atoms with E-state index in [-0.39, 0.29) is 17.4 Å². The highest BCUT2D eigenvalue weighted by atomic mass is 35.5. The van der Waals surface area contributed by atoms with Crippen LogP contribution in [0.5, 0.6) is 0 Å². The summed E-state index contributed by atoms with van der Waals surface area (Å²) in [5, 5.41) is 11.3. The summed E-state index contributed by atoms with van der Waals surface area (Å²) in [7, 11) is 0. The highest BCUT2D eigenvalue weighted by molar-refractivity contribution is 6.30. The molecule has 0 aromatic carbocycles. The molecule has 3 rings (SSSR count). The first-order valence-corrected chi connectivity index (χ1v) is 9.71. The van der Waals surface area contributed by atoms with Gasteiger partial charge in [0.1, 0.15) is 6.04 Å². The third kappa shape index (κ3) is 4.34. The lowest BCUT2D eigenvalue weighted by atomic mass is 10.1. The van der Waals surface area contributed by atoms with Crippen molar-refractivity contribution >= 4 is 17.5 Å². The number of hydrogen-bond donors (Lipinski definition) is 1. The van der Waals surface area contributed by atoms with Crippen LogP contribution in [0.1, 0.15) is 49.7 Å². The second-order valence-electron chi connectivity index (χ2n) is 7.22. The van der Waals surface area contributed by atoms with Crippen molar-refractivity contribution in [2.24, 2.45) is 5.92 Å². The summed E-state index contributed by atoms with van der Waals surface area (Å²) in [6.45, 7) is 4.67. The van der Waals surface area contributed by atoms with Crippen LogP contribution in [-0.4, -0.2) is 32.0 Å². The average Bonchev–Trinajstić information content (AvgIpc) is 3.30. The van der Waals surface area contributed by atoms with Crippen molar-refractivity contribution in [2.45, 2.75) is 58.3 Å².